The van der Waals surface area contributed by atoms with Crippen molar-refractivity contribution in [2.45, 2.75) is 31.4 Å². The van der Waals surface area contributed by atoms with Crippen LogP contribution in [-0.2, 0) is 17.6 Å². The molecule has 0 unspecified atom stereocenters. The molecule has 2 atom stereocenters. The summed E-state index contributed by atoms with van der Waals surface area (Å²) in [6, 6.07) is 21.3. The fraction of sp³-hybridized carbons (Fsp3) is 0.263. The van der Waals surface area contributed by atoms with Gasteiger partial charge in [-0.1, -0.05) is 69.5 Å². The first kappa shape index (κ1) is 39.3. The number of carbonyl (C=O) groups excluding carboxylic acids is 4. The van der Waals surface area contributed by atoms with Crippen molar-refractivity contribution in [3.63, 3.8) is 0 Å². The van der Waals surface area contributed by atoms with E-state index in [9.17, 15) is 24.3 Å². The fourth-order valence-electron chi connectivity index (χ4n) is 5.89. The van der Waals surface area contributed by atoms with Gasteiger partial charge in [0.1, 0.15) is 0 Å². The summed E-state index contributed by atoms with van der Waals surface area (Å²) < 4.78 is 12.1. The van der Waals surface area contributed by atoms with E-state index in [1.54, 1.807) is 48.5 Å². The number of hydrogen-bond donors (Lipinski definition) is 2. The Labute approximate surface area is 328 Å². The van der Waals surface area contributed by atoms with E-state index >= 15 is 0 Å². The van der Waals surface area contributed by atoms with E-state index in [-0.39, 0.29) is 49.2 Å². The Hall–Kier alpha value is -3.94. The summed E-state index contributed by atoms with van der Waals surface area (Å²) in [6.07, 6.45) is -0.889. The van der Waals surface area contributed by atoms with Crippen molar-refractivity contribution in [1.29, 1.82) is 0 Å². The van der Waals surface area contributed by atoms with Crippen LogP contribution in [0.1, 0.15) is 48.6 Å². The van der Waals surface area contributed by atoms with E-state index in [1.165, 1.54) is 25.2 Å². The molecule has 1 aliphatic heterocycles. The van der Waals surface area contributed by atoms with Crippen molar-refractivity contribution in [2.24, 2.45) is 0 Å². The van der Waals surface area contributed by atoms with Gasteiger partial charge >= 0.3 is 0 Å². The number of aliphatic hydroxyl groups excluding tert-OH is 1. The van der Waals surface area contributed by atoms with E-state index in [4.69, 9.17) is 32.7 Å². The number of carbonyl (C=O) groups is 4. The van der Waals surface area contributed by atoms with E-state index in [1.807, 2.05) is 24.3 Å². The van der Waals surface area contributed by atoms with Gasteiger partial charge in [-0.15, -0.1) is 0 Å². The van der Waals surface area contributed by atoms with Crippen molar-refractivity contribution >= 4 is 78.7 Å². The summed E-state index contributed by atoms with van der Waals surface area (Å²) in [6.45, 7) is -0.188. The highest BCUT2D eigenvalue weighted by atomic mass is 79.9. The third-order valence-electron chi connectivity index (χ3n) is 8.72. The molecule has 0 spiro atoms. The largest absolute Gasteiger partial charge is 0.493 e. The molecule has 0 fully saturated rings. The van der Waals surface area contributed by atoms with Gasteiger partial charge in [-0.2, -0.15) is 0 Å². The van der Waals surface area contributed by atoms with Gasteiger partial charge in [0.15, 0.2) is 11.5 Å². The second-order valence-electron chi connectivity index (χ2n) is 12.0. The Balaban J connectivity index is 1.39. The SMILES string of the molecule is COc1cc(Br)c(C(=O)N[C@@H](Cc2ccc(Br)cc2)[C@@H](O)CN(CCc2ccc(Cl)cc2Cl)C(=O)CCN2C(=O)c3ccccc3C2=O)cc1OC. The summed E-state index contributed by atoms with van der Waals surface area (Å²) in [5.41, 5.74) is 2.39. The zero-order chi connectivity index (χ0) is 37.5. The number of halogens is 4. The second kappa shape index (κ2) is 17.7. The lowest BCUT2D eigenvalue weighted by Gasteiger charge is -2.31. The first-order valence-corrected chi connectivity index (χ1v) is 18.6. The molecule has 1 heterocycles. The van der Waals surface area contributed by atoms with Gasteiger partial charge in [-0.05, 0) is 88.4 Å². The highest BCUT2D eigenvalue weighted by molar-refractivity contribution is 9.10. The highest BCUT2D eigenvalue weighted by Crippen LogP contribution is 2.33. The molecule has 4 amide bonds. The molecule has 52 heavy (non-hydrogen) atoms. The molecule has 0 saturated carbocycles. The first-order valence-electron chi connectivity index (χ1n) is 16.2. The molecular weight excluding hydrogens is 841 g/mol. The number of fused-ring (bicyclic) bond motifs is 1. The van der Waals surface area contributed by atoms with Crippen molar-refractivity contribution in [3.05, 3.63) is 126 Å². The number of amides is 4. The summed E-state index contributed by atoms with van der Waals surface area (Å²) >= 11 is 19.4. The summed E-state index contributed by atoms with van der Waals surface area (Å²) in [5.74, 6) is -1.06. The predicted molar refractivity (Wildman–Crippen MR) is 206 cm³/mol. The molecule has 0 radical (unpaired) electrons. The lowest BCUT2D eigenvalue weighted by Crippen LogP contribution is -2.51. The van der Waals surface area contributed by atoms with Crippen LogP contribution in [0.15, 0.2) is 87.8 Å². The average Bonchev–Trinajstić information content (AvgIpc) is 3.37. The van der Waals surface area contributed by atoms with Crippen molar-refractivity contribution < 1.29 is 33.8 Å². The van der Waals surface area contributed by atoms with Gasteiger partial charge in [0.2, 0.25) is 5.91 Å². The Morgan fingerprint density at radius 2 is 1.54 bits per heavy atom. The van der Waals surface area contributed by atoms with Crippen LogP contribution >= 0.6 is 55.1 Å². The van der Waals surface area contributed by atoms with Gasteiger partial charge in [0.05, 0.1) is 43.1 Å². The van der Waals surface area contributed by atoms with Crippen LogP contribution in [-0.4, -0.2) is 84.5 Å². The van der Waals surface area contributed by atoms with Gasteiger partial charge in [-0.25, -0.2) is 0 Å². The van der Waals surface area contributed by atoms with Crippen LogP contribution < -0.4 is 14.8 Å². The van der Waals surface area contributed by atoms with Crippen molar-refractivity contribution in [3.8, 4) is 11.5 Å². The molecule has 4 aromatic rings. The molecule has 14 heteroatoms. The number of hydrogen-bond acceptors (Lipinski definition) is 7. The summed E-state index contributed by atoms with van der Waals surface area (Å²) in [5, 5.41) is 15.7. The van der Waals surface area contributed by atoms with Gasteiger partial charge in [-0.3, -0.25) is 24.1 Å². The number of methoxy groups -OCH3 is 2. The number of imide groups is 1. The van der Waals surface area contributed by atoms with E-state index in [0.717, 1.165) is 20.5 Å². The molecule has 5 rings (SSSR count). The predicted octanol–water partition coefficient (Wildman–Crippen LogP) is 7.00. The van der Waals surface area contributed by atoms with Crippen molar-refractivity contribution in [2.75, 3.05) is 33.9 Å². The minimum Gasteiger partial charge on any atom is -0.493 e. The number of nitrogens with zero attached hydrogens (tertiary/aromatic N) is 2. The molecule has 10 nitrogen and oxygen atoms in total. The minimum absolute atomic E-state index is 0.138. The molecule has 0 aromatic heterocycles. The normalized spacial score (nSPS) is 13.4. The van der Waals surface area contributed by atoms with Crippen LogP contribution in [0.25, 0.3) is 0 Å². The number of benzene rings is 4. The highest BCUT2D eigenvalue weighted by Gasteiger charge is 2.36. The maximum atomic E-state index is 13.9. The Kier molecular flexibility index (Phi) is 13.4. The van der Waals surface area contributed by atoms with Gasteiger partial charge in [0.25, 0.3) is 17.7 Å². The van der Waals surface area contributed by atoms with Gasteiger partial charge in [0, 0.05) is 45.0 Å². The molecule has 0 saturated heterocycles. The first-order chi connectivity index (χ1) is 24.9. The zero-order valence-corrected chi connectivity index (χ0v) is 32.9. The molecular formula is C38H35Br2Cl2N3O7. The Bertz CT molecular complexity index is 1940. The van der Waals surface area contributed by atoms with Crippen LogP contribution in [0, 0.1) is 0 Å². The number of ether oxygens (including phenoxy) is 2. The summed E-state index contributed by atoms with van der Waals surface area (Å²) in [7, 11) is 2.95. The molecule has 1 aliphatic rings. The number of nitrogens with one attached hydrogen (secondary N) is 1. The van der Waals surface area contributed by atoms with Crippen LogP contribution in [0.5, 0.6) is 11.5 Å². The second-order valence-corrected chi connectivity index (χ2v) is 14.7. The van der Waals surface area contributed by atoms with E-state index in [0.29, 0.717) is 32.4 Å². The topological polar surface area (TPSA) is 125 Å². The zero-order valence-electron chi connectivity index (χ0n) is 28.2. The Morgan fingerprint density at radius 1 is 0.904 bits per heavy atom. The number of aliphatic hydroxyl groups is 1. The molecule has 272 valence electrons. The smallest absolute Gasteiger partial charge is 0.261 e. The maximum absolute atomic E-state index is 13.9. The Morgan fingerprint density at radius 3 is 2.15 bits per heavy atom. The van der Waals surface area contributed by atoms with Crippen LogP contribution in [0.2, 0.25) is 10.0 Å². The molecule has 0 aliphatic carbocycles. The van der Waals surface area contributed by atoms with Crippen LogP contribution in [0.3, 0.4) is 0 Å². The standard InChI is InChI=1S/C38H35Br2Cl2N3O7/c1-51-33-19-28(29(40)20-34(33)52-2)36(48)43-31(17-22-7-10-24(39)11-8-22)32(46)21-44(15-13-23-9-12-25(41)18-30(23)42)35(47)14-16-45-37(49)26-5-3-4-6-27(26)38(45)50/h3-12,18-20,31-32,46H,13-17,21H2,1-2H3,(H,43,48)/t31-,32-/m0/s1. The molecule has 2 N–H and O–H groups in total. The van der Waals surface area contributed by atoms with E-state index < -0.39 is 35.8 Å². The van der Waals surface area contributed by atoms with Crippen molar-refractivity contribution in [1.82, 2.24) is 15.1 Å². The van der Waals surface area contributed by atoms with E-state index in [2.05, 4.69) is 37.2 Å². The van der Waals surface area contributed by atoms with Gasteiger partial charge < -0.3 is 24.8 Å². The third kappa shape index (κ3) is 9.34. The lowest BCUT2D eigenvalue weighted by molar-refractivity contribution is -0.133. The lowest BCUT2D eigenvalue weighted by atomic mass is 9.99. The summed E-state index contributed by atoms with van der Waals surface area (Å²) in [4.78, 5) is 56.2. The molecule has 4 aromatic carbocycles. The monoisotopic (exact) mass is 873 g/mol. The third-order valence-corrected chi connectivity index (χ3v) is 10.5. The minimum atomic E-state index is -1.25. The average molecular weight is 876 g/mol. The maximum Gasteiger partial charge on any atom is 0.261 e. The fourth-order valence-corrected chi connectivity index (χ4v) is 7.16. The number of rotatable bonds is 15. The molecule has 0 bridgehead atoms. The van der Waals surface area contributed by atoms with Crippen LogP contribution in [0.4, 0.5) is 0 Å². The quantitative estimate of drug-likeness (QED) is 0.123.